The minimum absolute atomic E-state index is 0.0710. The van der Waals surface area contributed by atoms with Gasteiger partial charge in [0.2, 0.25) is 11.8 Å². The van der Waals surface area contributed by atoms with E-state index in [4.69, 9.17) is 0 Å². The van der Waals surface area contributed by atoms with Crippen molar-refractivity contribution in [3.63, 3.8) is 0 Å². The highest BCUT2D eigenvalue weighted by molar-refractivity contribution is 6.02. The van der Waals surface area contributed by atoms with Crippen LogP contribution in [0.2, 0.25) is 0 Å². The number of likely N-dealkylation sites (tertiary alicyclic amines) is 1. The lowest BCUT2D eigenvalue weighted by Crippen LogP contribution is -2.57. The van der Waals surface area contributed by atoms with Crippen molar-refractivity contribution in [1.29, 1.82) is 0 Å². The summed E-state index contributed by atoms with van der Waals surface area (Å²) in [6, 6.07) is 0.280. The predicted molar refractivity (Wildman–Crippen MR) is 135 cm³/mol. The summed E-state index contributed by atoms with van der Waals surface area (Å²) >= 11 is 0. The van der Waals surface area contributed by atoms with Gasteiger partial charge in [-0.1, -0.05) is 41.0 Å². The molecule has 2 aliphatic carbocycles. The molecule has 1 heterocycles. The molecule has 2 N–H and O–H groups in total. The van der Waals surface area contributed by atoms with E-state index in [0.29, 0.717) is 31.9 Å². The number of alkyl halides is 3. The summed E-state index contributed by atoms with van der Waals surface area (Å²) in [4.78, 5) is 42.0. The first-order chi connectivity index (χ1) is 17.5. The summed E-state index contributed by atoms with van der Waals surface area (Å²) in [6.07, 6.45) is -0.774. The molecule has 10 heteroatoms. The van der Waals surface area contributed by atoms with Crippen molar-refractivity contribution in [1.82, 2.24) is 10.2 Å². The maximum atomic E-state index is 14.0. The topological polar surface area (TPSA) is 78.5 Å². The zero-order chi connectivity index (χ0) is 28.3. The van der Waals surface area contributed by atoms with Crippen LogP contribution in [0.3, 0.4) is 0 Å². The fraction of sp³-hybridized carbons (Fsp3) is 0.679. The Kier molecular flexibility index (Phi) is 7.10. The van der Waals surface area contributed by atoms with Gasteiger partial charge in [0.15, 0.2) is 5.78 Å². The normalized spacial score (nSPS) is 27.0. The number of nitrogens with one attached hydrogen (secondary N) is 2. The quantitative estimate of drug-likeness (QED) is 0.439. The molecule has 6 nitrogen and oxygen atoms in total. The number of rotatable bonds is 8. The van der Waals surface area contributed by atoms with Crippen molar-refractivity contribution in [3.8, 4) is 0 Å². The highest BCUT2D eigenvalue weighted by Gasteiger charge is 2.66. The van der Waals surface area contributed by atoms with Crippen LogP contribution in [0, 0.1) is 22.6 Å². The Labute approximate surface area is 220 Å². The van der Waals surface area contributed by atoms with Gasteiger partial charge in [0, 0.05) is 17.6 Å². The number of nitrogens with zero attached hydrogens (tertiary/aromatic N) is 1. The van der Waals surface area contributed by atoms with Crippen LogP contribution in [0.25, 0.3) is 0 Å². The highest BCUT2D eigenvalue weighted by atomic mass is 19.4. The Morgan fingerprint density at radius 1 is 1.13 bits per heavy atom. The minimum atomic E-state index is -4.75. The van der Waals surface area contributed by atoms with Crippen molar-refractivity contribution < 1.29 is 31.9 Å². The van der Waals surface area contributed by atoms with Gasteiger partial charge in [-0.25, -0.2) is 4.39 Å². The van der Waals surface area contributed by atoms with Gasteiger partial charge in [-0.2, -0.15) is 13.2 Å². The molecule has 210 valence electrons. The van der Waals surface area contributed by atoms with E-state index in [9.17, 15) is 31.9 Å². The molecule has 1 aromatic rings. The van der Waals surface area contributed by atoms with Crippen LogP contribution in [-0.2, 0) is 20.6 Å². The Balaban J connectivity index is 1.54. The summed E-state index contributed by atoms with van der Waals surface area (Å²) in [7, 11) is 0. The second kappa shape index (κ2) is 9.52. The lowest BCUT2D eigenvalue weighted by Gasteiger charge is -2.36. The van der Waals surface area contributed by atoms with Crippen LogP contribution in [0.1, 0.15) is 78.7 Å². The Morgan fingerprint density at radius 3 is 2.32 bits per heavy atom. The van der Waals surface area contributed by atoms with Gasteiger partial charge in [0.25, 0.3) is 0 Å². The van der Waals surface area contributed by atoms with E-state index in [1.807, 2.05) is 13.8 Å². The predicted octanol–water partition coefficient (Wildman–Crippen LogP) is 5.32. The second-order valence-corrected chi connectivity index (χ2v) is 12.5. The minimum Gasteiger partial charge on any atom is -0.373 e. The first-order valence-corrected chi connectivity index (χ1v) is 13.3. The number of hydrogen-bond acceptors (Lipinski definition) is 4. The molecule has 0 aromatic heterocycles. The van der Waals surface area contributed by atoms with Crippen LogP contribution in [0.5, 0.6) is 0 Å². The van der Waals surface area contributed by atoms with E-state index in [1.165, 1.54) is 4.90 Å². The average molecular weight is 540 g/mol. The SMILES string of the molecule is CCC1C[C@]1(NC(=O)C1CCCN1C(=O)C(Nc1cc(F)cc(C(F)(F)F)c1)C(C)(C)C)C(=O)C1(C)CC1. The number of anilines is 1. The van der Waals surface area contributed by atoms with Gasteiger partial charge in [0.1, 0.15) is 23.4 Å². The molecule has 0 radical (unpaired) electrons. The molecule has 1 aromatic carbocycles. The van der Waals surface area contributed by atoms with Crippen LogP contribution < -0.4 is 10.6 Å². The summed E-state index contributed by atoms with van der Waals surface area (Å²) in [5, 5.41) is 5.84. The molecule has 0 bridgehead atoms. The number of carbonyl (C=O) groups excluding carboxylic acids is 3. The molecule has 1 aliphatic heterocycles. The average Bonchev–Trinajstić information content (AvgIpc) is 3.67. The van der Waals surface area contributed by atoms with Crippen molar-refractivity contribution in [3.05, 3.63) is 29.6 Å². The number of Topliss-reactive ketones (excluding diaryl/α,β-unsaturated/α-hetero) is 1. The third kappa shape index (κ3) is 5.41. The van der Waals surface area contributed by atoms with E-state index in [2.05, 4.69) is 10.6 Å². The maximum absolute atomic E-state index is 14.0. The number of ketones is 1. The van der Waals surface area contributed by atoms with E-state index in [1.54, 1.807) is 20.8 Å². The zero-order valence-electron chi connectivity index (χ0n) is 22.6. The van der Waals surface area contributed by atoms with Gasteiger partial charge in [-0.05, 0) is 61.6 Å². The summed E-state index contributed by atoms with van der Waals surface area (Å²) in [6.45, 7) is 9.46. The number of hydrogen-bond donors (Lipinski definition) is 2. The molecule has 2 saturated carbocycles. The van der Waals surface area contributed by atoms with Crippen LogP contribution in [0.4, 0.5) is 23.2 Å². The standard InChI is InChI=1S/C28H37F4N3O3/c1-6-16-15-27(16,24(38)26(5)9-10-26)34-22(36)20-8-7-11-35(20)23(37)21(25(2,3)4)33-19-13-17(28(30,31)32)12-18(29)14-19/h12-14,16,20-21,33H,6-11,15H2,1-5H3,(H,34,36)/t16?,20?,21?,27-/m1/s1. The smallest absolute Gasteiger partial charge is 0.373 e. The van der Waals surface area contributed by atoms with Crippen molar-refractivity contribution in [2.75, 3.05) is 11.9 Å². The van der Waals surface area contributed by atoms with Gasteiger partial charge in [-0.3, -0.25) is 14.4 Å². The van der Waals surface area contributed by atoms with Crippen LogP contribution >= 0.6 is 0 Å². The summed E-state index contributed by atoms with van der Waals surface area (Å²) < 4.78 is 53.8. The first-order valence-electron chi connectivity index (χ1n) is 13.3. The first kappa shape index (κ1) is 28.4. The van der Waals surface area contributed by atoms with Gasteiger partial charge in [-0.15, -0.1) is 0 Å². The largest absolute Gasteiger partial charge is 0.416 e. The lowest BCUT2D eigenvalue weighted by molar-refractivity contribution is -0.142. The fourth-order valence-corrected chi connectivity index (χ4v) is 5.69. The van der Waals surface area contributed by atoms with Gasteiger partial charge in [0.05, 0.1) is 5.56 Å². The molecule has 2 amide bonds. The number of halogens is 4. The zero-order valence-corrected chi connectivity index (χ0v) is 22.6. The molecule has 3 unspecified atom stereocenters. The van der Waals surface area contributed by atoms with Crippen molar-refractivity contribution in [2.45, 2.75) is 96.9 Å². The monoisotopic (exact) mass is 539 g/mol. The van der Waals surface area contributed by atoms with E-state index >= 15 is 0 Å². The Bertz CT molecular complexity index is 1130. The second-order valence-electron chi connectivity index (χ2n) is 12.5. The molecule has 4 atom stereocenters. The van der Waals surface area contributed by atoms with E-state index < -0.39 is 51.9 Å². The van der Waals surface area contributed by atoms with E-state index in [0.717, 1.165) is 31.4 Å². The van der Waals surface area contributed by atoms with Crippen molar-refractivity contribution >= 4 is 23.3 Å². The van der Waals surface area contributed by atoms with Gasteiger partial charge < -0.3 is 15.5 Å². The Hall–Kier alpha value is -2.65. The molecular weight excluding hydrogens is 502 g/mol. The molecule has 1 saturated heterocycles. The molecular formula is C28H37F4N3O3. The number of amides is 2. The van der Waals surface area contributed by atoms with Gasteiger partial charge >= 0.3 is 6.18 Å². The summed E-state index contributed by atoms with van der Waals surface area (Å²) in [5.74, 6) is -1.76. The fourth-order valence-electron chi connectivity index (χ4n) is 5.69. The highest BCUT2D eigenvalue weighted by Crippen LogP contribution is 2.57. The summed E-state index contributed by atoms with van der Waals surface area (Å²) in [5.41, 5.74) is -3.38. The van der Waals surface area contributed by atoms with Crippen LogP contribution in [-0.4, -0.2) is 46.7 Å². The molecule has 3 aliphatic rings. The third-order valence-electron chi connectivity index (χ3n) is 8.39. The Morgan fingerprint density at radius 2 is 1.79 bits per heavy atom. The van der Waals surface area contributed by atoms with Crippen molar-refractivity contribution in [2.24, 2.45) is 16.7 Å². The maximum Gasteiger partial charge on any atom is 0.416 e. The van der Waals surface area contributed by atoms with Crippen LogP contribution in [0.15, 0.2) is 18.2 Å². The lowest BCUT2D eigenvalue weighted by atomic mass is 9.85. The number of carbonyl (C=O) groups is 3. The van der Waals surface area contributed by atoms with E-state index in [-0.39, 0.29) is 23.3 Å². The molecule has 4 rings (SSSR count). The molecule has 0 spiro atoms. The molecule has 3 fully saturated rings. The number of benzene rings is 1. The third-order valence-corrected chi connectivity index (χ3v) is 8.39. The molecule has 38 heavy (non-hydrogen) atoms.